The first-order valence-corrected chi connectivity index (χ1v) is 7.92. The number of nitrogens with one attached hydrogen (secondary N) is 2. The lowest BCUT2D eigenvalue weighted by atomic mass is 9.91. The van der Waals surface area contributed by atoms with Crippen molar-refractivity contribution < 1.29 is 19.1 Å². The highest BCUT2D eigenvalue weighted by atomic mass is 35.5. The largest absolute Gasteiger partial charge is 0.467 e. The minimum absolute atomic E-state index is 0. The molecule has 2 fully saturated rings. The van der Waals surface area contributed by atoms with E-state index < -0.39 is 18.1 Å². The second-order valence-electron chi connectivity index (χ2n) is 6.24. The fourth-order valence-electron chi connectivity index (χ4n) is 2.80. The lowest BCUT2D eigenvalue weighted by Gasteiger charge is -2.26. The highest BCUT2D eigenvalue weighted by Gasteiger charge is 2.33. The van der Waals surface area contributed by atoms with Gasteiger partial charge in [-0.05, 0) is 31.6 Å². The molecule has 23 heavy (non-hydrogen) atoms. The second-order valence-corrected chi connectivity index (χ2v) is 6.24. The smallest absolute Gasteiger partial charge is 0.328 e. The number of amides is 2. The third kappa shape index (κ3) is 5.99. The molecule has 2 aliphatic rings. The molecule has 0 aromatic heterocycles. The van der Waals surface area contributed by atoms with E-state index in [2.05, 4.69) is 10.6 Å². The zero-order valence-electron chi connectivity index (χ0n) is 13.4. The lowest BCUT2D eigenvalue weighted by molar-refractivity contribution is -0.146. The predicted octanol–water partition coefficient (Wildman–Crippen LogP) is 0.110. The van der Waals surface area contributed by atoms with Crippen molar-refractivity contribution in [3.8, 4) is 0 Å². The summed E-state index contributed by atoms with van der Waals surface area (Å²) in [5, 5.41) is 5.43. The normalized spacial score (nSPS) is 23.0. The number of carbonyl (C=O) groups is 3. The van der Waals surface area contributed by atoms with E-state index in [-0.39, 0.29) is 36.6 Å². The van der Waals surface area contributed by atoms with E-state index >= 15 is 0 Å². The Hall–Kier alpha value is -1.34. The molecule has 2 unspecified atom stereocenters. The number of ether oxygens (including phenoxy) is 1. The van der Waals surface area contributed by atoms with Crippen molar-refractivity contribution >= 4 is 30.2 Å². The van der Waals surface area contributed by atoms with Gasteiger partial charge in [0.05, 0.1) is 13.2 Å². The number of hydrogen-bond acceptors (Lipinski definition) is 5. The Balaban J connectivity index is 0.00000264. The maximum atomic E-state index is 12.1. The Morgan fingerprint density at radius 3 is 2.61 bits per heavy atom. The van der Waals surface area contributed by atoms with Gasteiger partial charge >= 0.3 is 5.97 Å². The first kappa shape index (κ1) is 19.7. The van der Waals surface area contributed by atoms with Gasteiger partial charge in [0.2, 0.25) is 11.8 Å². The van der Waals surface area contributed by atoms with Gasteiger partial charge in [-0.25, -0.2) is 4.79 Å². The maximum absolute atomic E-state index is 12.1. The fraction of sp³-hybridized carbons (Fsp3) is 0.800. The molecule has 2 amide bonds. The molecule has 8 heteroatoms. The van der Waals surface area contributed by atoms with Crippen LogP contribution in [0.2, 0.25) is 0 Å². The molecule has 3 atom stereocenters. The van der Waals surface area contributed by atoms with Gasteiger partial charge < -0.3 is 21.1 Å². The van der Waals surface area contributed by atoms with E-state index in [1.807, 2.05) is 0 Å². The van der Waals surface area contributed by atoms with Gasteiger partial charge in [0.1, 0.15) is 6.04 Å². The number of methoxy groups -OCH3 is 1. The Labute approximate surface area is 142 Å². The van der Waals surface area contributed by atoms with Gasteiger partial charge in [-0.1, -0.05) is 12.8 Å². The van der Waals surface area contributed by atoms with Crippen molar-refractivity contribution in [2.75, 3.05) is 13.7 Å². The Morgan fingerprint density at radius 1 is 1.35 bits per heavy atom. The summed E-state index contributed by atoms with van der Waals surface area (Å²) in [5.74, 6) is -0.709. The van der Waals surface area contributed by atoms with Crippen molar-refractivity contribution in [3.05, 3.63) is 0 Å². The Bertz CT molecular complexity index is 442. The molecule has 1 saturated heterocycles. The Morgan fingerprint density at radius 2 is 2.04 bits per heavy atom. The number of halogens is 1. The molecule has 7 nitrogen and oxygen atoms in total. The molecular formula is C15H26ClN3O4. The van der Waals surface area contributed by atoms with Crippen LogP contribution in [0.1, 0.15) is 38.5 Å². The van der Waals surface area contributed by atoms with E-state index in [1.54, 1.807) is 0 Å². The number of nitrogens with two attached hydrogens (primary N) is 1. The molecule has 4 N–H and O–H groups in total. The molecule has 1 saturated carbocycles. The van der Waals surface area contributed by atoms with Gasteiger partial charge in [-0.3, -0.25) is 9.59 Å². The van der Waals surface area contributed by atoms with Crippen molar-refractivity contribution in [1.82, 2.24) is 10.6 Å². The number of esters is 1. The van der Waals surface area contributed by atoms with Crippen LogP contribution in [0.3, 0.4) is 0 Å². The molecule has 1 aliphatic carbocycles. The second kappa shape index (κ2) is 9.08. The minimum Gasteiger partial charge on any atom is -0.467 e. The molecule has 0 radical (unpaired) electrons. The zero-order chi connectivity index (χ0) is 16.1. The predicted molar refractivity (Wildman–Crippen MR) is 86.9 cm³/mol. The molecule has 0 spiro atoms. The molecule has 2 rings (SSSR count). The summed E-state index contributed by atoms with van der Waals surface area (Å²) in [6.07, 6.45) is 4.71. The number of carbonyl (C=O) groups excluding carboxylic acids is 3. The van der Waals surface area contributed by atoms with Gasteiger partial charge in [0.15, 0.2) is 0 Å². The summed E-state index contributed by atoms with van der Waals surface area (Å²) in [6, 6.07) is -1.43. The standard InChI is InChI=1S/C15H25N3O4.ClH/c1-22-15(21)12(8-10-3-2-6-17-13(10)19)18-14(20)11(16)7-9-4-5-9;/h9-12H,2-8,16H2,1H3,(H,17,19)(H,18,20);1H/t10-,11?,12?;/m0./s1. The maximum Gasteiger partial charge on any atom is 0.328 e. The SMILES string of the molecule is COC(=O)C(C[C@@H]1CCCNC1=O)NC(=O)C(N)CC1CC1.Cl. The van der Waals surface area contributed by atoms with Crippen LogP contribution < -0.4 is 16.4 Å². The summed E-state index contributed by atoms with van der Waals surface area (Å²) < 4.78 is 4.74. The molecule has 1 aliphatic heterocycles. The van der Waals surface area contributed by atoms with Gasteiger partial charge in [0, 0.05) is 12.5 Å². The molecule has 0 bridgehead atoms. The number of piperidine rings is 1. The summed E-state index contributed by atoms with van der Waals surface area (Å²) in [6.45, 7) is 0.664. The van der Waals surface area contributed by atoms with Gasteiger partial charge in [-0.15, -0.1) is 12.4 Å². The van der Waals surface area contributed by atoms with Crippen molar-refractivity contribution in [2.24, 2.45) is 17.6 Å². The molecular weight excluding hydrogens is 322 g/mol. The van der Waals surface area contributed by atoms with Crippen LogP contribution in [0.5, 0.6) is 0 Å². The first-order chi connectivity index (χ1) is 10.5. The molecule has 0 aromatic carbocycles. The fourth-order valence-corrected chi connectivity index (χ4v) is 2.80. The third-order valence-electron chi connectivity index (χ3n) is 4.34. The average molecular weight is 348 g/mol. The molecule has 0 aromatic rings. The minimum atomic E-state index is -0.823. The van der Waals surface area contributed by atoms with Gasteiger partial charge in [0.25, 0.3) is 0 Å². The van der Waals surface area contributed by atoms with Crippen LogP contribution in [0.15, 0.2) is 0 Å². The van der Waals surface area contributed by atoms with Crippen LogP contribution in [-0.2, 0) is 19.1 Å². The third-order valence-corrected chi connectivity index (χ3v) is 4.34. The summed E-state index contributed by atoms with van der Waals surface area (Å²) >= 11 is 0. The highest BCUT2D eigenvalue weighted by molar-refractivity contribution is 5.88. The van der Waals surface area contributed by atoms with E-state index in [4.69, 9.17) is 10.5 Å². The van der Waals surface area contributed by atoms with E-state index in [0.29, 0.717) is 25.3 Å². The quantitative estimate of drug-likeness (QED) is 0.566. The van der Waals surface area contributed by atoms with Crippen molar-refractivity contribution in [1.29, 1.82) is 0 Å². The monoisotopic (exact) mass is 347 g/mol. The van der Waals surface area contributed by atoms with E-state index in [1.165, 1.54) is 7.11 Å². The summed E-state index contributed by atoms with van der Waals surface area (Å²) in [5.41, 5.74) is 5.87. The summed E-state index contributed by atoms with van der Waals surface area (Å²) in [4.78, 5) is 35.8. The van der Waals surface area contributed by atoms with E-state index in [0.717, 1.165) is 19.3 Å². The number of rotatable bonds is 7. The van der Waals surface area contributed by atoms with Crippen LogP contribution in [0, 0.1) is 11.8 Å². The topological polar surface area (TPSA) is 111 Å². The molecule has 132 valence electrons. The van der Waals surface area contributed by atoms with Crippen molar-refractivity contribution in [2.45, 2.75) is 50.6 Å². The van der Waals surface area contributed by atoms with Crippen LogP contribution in [0.25, 0.3) is 0 Å². The zero-order valence-corrected chi connectivity index (χ0v) is 14.2. The van der Waals surface area contributed by atoms with Crippen LogP contribution in [-0.4, -0.2) is 43.5 Å². The summed E-state index contributed by atoms with van der Waals surface area (Å²) in [7, 11) is 1.27. The number of hydrogen-bond donors (Lipinski definition) is 3. The van der Waals surface area contributed by atoms with E-state index in [9.17, 15) is 14.4 Å². The van der Waals surface area contributed by atoms with Crippen LogP contribution in [0.4, 0.5) is 0 Å². The highest BCUT2D eigenvalue weighted by Crippen LogP contribution is 2.33. The van der Waals surface area contributed by atoms with Crippen molar-refractivity contribution in [3.63, 3.8) is 0 Å². The van der Waals surface area contributed by atoms with Gasteiger partial charge in [-0.2, -0.15) is 0 Å². The lowest BCUT2D eigenvalue weighted by Crippen LogP contribution is -2.51. The average Bonchev–Trinajstić information content (AvgIpc) is 3.31. The molecule has 1 heterocycles. The Kier molecular flexibility index (Phi) is 7.78. The van der Waals surface area contributed by atoms with Crippen LogP contribution >= 0.6 is 12.4 Å². The first-order valence-electron chi connectivity index (χ1n) is 7.92.